The van der Waals surface area contributed by atoms with Crippen molar-refractivity contribution in [1.29, 1.82) is 0 Å². The van der Waals surface area contributed by atoms with Gasteiger partial charge in [-0.05, 0) is 28.8 Å². The molecule has 4 nitrogen and oxygen atoms in total. The maximum absolute atomic E-state index is 11.7. The van der Waals surface area contributed by atoms with Crippen LogP contribution in [0.3, 0.4) is 0 Å². The SMILES string of the molecule is OC(c1ccccc1)(c1ccc(CN2CCOCC2)cc1)c1ccccn1. The molecule has 4 rings (SSSR count). The zero-order valence-corrected chi connectivity index (χ0v) is 15.3. The van der Waals surface area contributed by atoms with E-state index in [1.807, 2.05) is 60.7 Å². The molecule has 138 valence electrons. The third-order valence-electron chi connectivity index (χ3n) is 5.11. The molecule has 0 bridgehead atoms. The molecule has 0 amide bonds. The van der Waals surface area contributed by atoms with Crippen molar-refractivity contribution in [1.82, 2.24) is 9.88 Å². The summed E-state index contributed by atoms with van der Waals surface area (Å²) in [5.41, 5.74) is 2.21. The van der Waals surface area contributed by atoms with Crippen molar-refractivity contribution in [2.75, 3.05) is 26.3 Å². The van der Waals surface area contributed by atoms with E-state index in [0.717, 1.165) is 44.0 Å². The van der Waals surface area contributed by atoms with E-state index in [1.165, 1.54) is 5.56 Å². The Hall–Kier alpha value is -2.53. The van der Waals surface area contributed by atoms with E-state index in [-0.39, 0.29) is 0 Å². The summed E-state index contributed by atoms with van der Waals surface area (Å²) in [5, 5.41) is 11.7. The Balaban J connectivity index is 1.66. The van der Waals surface area contributed by atoms with Gasteiger partial charge in [0.1, 0.15) is 0 Å². The van der Waals surface area contributed by atoms with Gasteiger partial charge in [0, 0.05) is 25.8 Å². The molecule has 3 aromatic rings. The maximum atomic E-state index is 11.7. The average molecular weight is 360 g/mol. The molecule has 0 aliphatic carbocycles. The smallest absolute Gasteiger partial charge is 0.157 e. The van der Waals surface area contributed by atoms with Gasteiger partial charge >= 0.3 is 0 Å². The van der Waals surface area contributed by atoms with Gasteiger partial charge < -0.3 is 9.84 Å². The van der Waals surface area contributed by atoms with Crippen LogP contribution in [0.4, 0.5) is 0 Å². The molecule has 0 radical (unpaired) electrons. The predicted molar refractivity (Wildman–Crippen MR) is 105 cm³/mol. The first kappa shape index (κ1) is 17.9. The largest absolute Gasteiger partial charge is 0.379 e. The lowest BCUT2D eigenvalue weighted by atomic mass is 9.83. The van der Waals surface area contributed by atoms with Crippen LogP contribution in [0.2, 0.25) is 0 Å². The number of hydrogen-bond donors (Lipinski definition) is 1. The summed E-state index contributed by atoms with van der Waals surface area (Å²) < 4.78 is 5.42. The first-order valence-electron chi connectivity index (χ1n) is 9.36. The van der Waals surface area contributed by atoms with Gasteiger partial charge in [0.25, 0.3) is 0 Å². The van der Waals surface area contributed by atoms with Gasteiger partial charge in [0.05, 0.1) is 18.9 Å². The molecule has 0 saturated carbocycles. The summed E-state index contributed by atoms with van der Waals surface area (Å²) in [5.74, 6) is 0. The number of ether oxygens (including phenoxy) is 1. The van der Waals surface area contributed by atoms with Crippen LogP contribution in [0.1, 0.15) is 22.4 Å². The van der Waals surface area contributed by atoms with Crippen molar-refractivity contribution in [3.05, 3.63) is 101 Å². The molecular formula is C23H24N2O2. The number of rotatable bonds is 5. The predicted octanol–water partition coefficient (Wildman–Crippen LogP) is 3.20. The van der Waals surface area contributed by atoms with Gasteiger partial charge in [-0.2, -0.15) is 0 Å². The second kappa shape index (κ2) is 8.01. The molecule has 1 aliphatic heterocycles. The fourth-order valence-corrected chi connectivity index (χ4v) is 3.59. The van der Waals surface area contributed by atoms with Crippen molar-refractivity contribution in [2.45, 2.75) is 12.1 Å². The van der Waals surface area contributed by atoms with Gasteiger partial charge in [-0.25, -0.2) is 0 Å². The van der Waals surface area contributed by atoms with E-state index < -0.39 is 5.60 Å². The molecule has 1 aliphatic rings. The minimum atomic E-state index is -1.28. The molecule has 27 heavy (non-hydrogen) atoms. The maximum Gasteiger partial charge on any atom is 0.157 e. The molecule has 1 unspecified atom stereocenters. The highest BCUT2D eigenvalue weighted by Crippen LogP contribution is 2.35. The van der Waals surface area contributed by atoms with Crippen molar-refractivity contribution < 1.29 is 9.84 Å². The molecule has 1 N–H and O–H groups in total. The van der Waals surface area contributed by atoms with Crippen LogP contribution in [0.5, 0.6) is 0 Å². The Morgan fingerprint density at radius 1 is 0.852 bits per heavy atom. The van der Waals surface area contributed by atoms with Gasteiger partial charge in [0.2, 0.25) is 0 Å². The first-order chi connectivity index (χ1) is 13.3. The summed E-state index contributed by atoms with van der Waals surface area (Å²) >= 11 is 0. The van der Waals surface area contributed by atoms with Gasteiger partial charge in [-0.3, -0.25) is 9.88 Å². The van der Waals surface area contributed by atoms with Crippen LogP contribution in [-0.4, -0.2) is 41.3 Å². The lowest BCUT2D eigenvalue weighted by Gasteiger charge is -2.30. The molecule has 1 aromatic heterocycles. The Kier molecular flexibility index (Phi) is 5.30. The second-order valence-corrected chi connectivity index (χ2v) is 6.88. The molecule has 1 fully saturated rings. The van der Waals surface area contributed by atoms with E-state index in [2.05, 4.69) is 22.0 Å². The number of morpholine rings is 1. The summed E-state index contributed by atoms with van der Waals surface area (Å²) in [6.07, 6.45) is 1.72. The van der Waals surface area contributed by atoms with Gasteiger partial charge in [0.15, 0.2) is 5.60 Å². The van der Waals surface area contributed by atoms with Crippen LogP contribution >= 0.6 is 0 Å². The Labute approximate surface area is 160 Å². The van der Waals surface area contributed by atoms with E-state index in [1.54, 1.807) is 6.20 Å². The van der Waals surface area contributed by atoms with Gasteiger partial charge in [-0.15, -0.1) is 0 Å². The average Bonchev–Trinajstić information content (AvgIpc) is 2.76. The fourth-order valence-electron chi connectivity index (χ4n) is 3.59. The van der Waals surface area contributed by atoms with E-state index in [9.17, 15) is 5.11 Å². The first-order valence-corrected chi connectivity index (χ1v) is 9.36. The number of nitrogens with zero attached hydrogens (tertiary/aromatic N) is 2. The Bertz CT molecular complexity index is 805. The molecular weight excluding hydrogens is 336 g/mol. The standard InChI is InChI=1S/C23H24N2O2/c26-23(20-6-2-1-3-7-20,22-8-4-5-13-24-22)21-11-9-19(10-12-21)18-25-14-16-27-17-15-25/h1-13,26H,14-18H2. The Morgan fingerprint density at radius 3 is 2.19 bits per heavy atom. The monoisotopic (exact) mass is 360 g/mol. The van der Waals surface area contributed by atoms with Crippen LogP contribution in [0.25, 0.3) is 0 Å². The molecule has 2 heterocycles. The minimum absolute atomic E-state index is 0.622. The summed E-state index contributed by atoms with van der Waals surface area (Å²) in [7, 11) is 0. The van der Waals surface area contributed by atoms with Crippen LogP contribution in [0.15, 0.2) is 79.0 Å². The summed E-state index contributed by atoms with van der Waals surface area (Å²) in [6.45, 7) is 4.42. The summed E-state index contributed by atoms with van der Waals surface area (Å²) in [4.78, 5) is 6.84. The topological polar surface area (TPSA) is 45.6 Å². The zero-order valence-electron chi connectivity index (χ0n) is 15.3. The quantitative estimate of drug-likeness (QED) is 0.759. The van der Waals surface area contributed by atoms with Crippen LogP contribution in [-0.2, 0) is 16.9 Å². The number of pyridine rings is 1. The highest BCUT2D eigenvalue weighted by atomic mass is 16.5. The Morgan fingerprint density at radius 2 is 1.52 bits per heavy atom. The fraction of sp³-hybridized carbons (Fsp3) is 0.261. The highest BCUT2D eigenvalue weighted by Gasteiger charge is 2.35. The molecule has 4 heteroatoms. The molecule has 2 aromatic carbocycles. The summed E-state index contributed by atoms with van der Waals surface area (Å²) in [6, 6.07) is 23.6. The second-order valence-electron chi connectivity index (χ2n) is 6.88. The van der Waals surface area contributed by atoms with Crippen LogP contribution < -0.4 is 0 Å². The number of aliphatic hydroxyl groups is 1. The normalized spacial score (nSPS) is 17.4. The lowest BCUT2D eigenvalue weighted by Crippen LogP contribution is -2.35. The lowest BCUT2D eigenvalue weighted by molar-refractivity contribution is 0.0342. The van der Waals surface area contributed by atoms with E-state index in [0.29, 0.717) is 5.69 Å². The van der Waals surface area contributed by atoms with Crippen molar-refractivity contribution >= 4 is 0 Å². The van der Waals surface area contributed by atoms with Crippen molar-refractivity contribution in [3.8, 4) is 0 Å². The van der Waals surface area contributed by atoms with E-state index >= 15 is 0 Å². The van der Waals surface area contributed by atoms with Crippen molar-refractivity contribution in [2.24, 2.45) is 0 Å². The van der Waals surface area contributed by atoms with Crippen molar-refractivity contribution in [3.63, 3.8) is 0 Å². The molecule has 1 atom stereocenters. The third-order valence-corrected chi connectivity index (χ3v) is 5.11. The minimum Gasteiger partial charge on any atom is -0.379 e. The molecule has 1 saturated heterocycles. The van der Waals surface area contributed by atoms with E-state index in [4.69, 9.17) is 4.74 Å². The number of hydrogen-bond acceptors (Lipinski definition) is 4. The zero-order chi connectivity index (χ0) is 18.5. The number of benzene rings is 2. The van der Waals surface area contributed by atoms with Crippen LogP contribution in [0, 0.1) is 0 Å². The third kappa shape index (κ3) is 3.78. The number of aromatic nitrogens is 1. The highest BCUT2D eigenvalue weighted by molar-refractivity contribution is 5.45. The van der Waals surface area contributed by atoms with Gasteiger partial charge in [-0.1, -0.05) is 60.7 Å². The molecule has 0 spiro atoms.